The van der Waals surface area contributed by atoms with E-state index in [1.165, 1.54) is 11.1 Å². The SMILES string of the molecule is C=C1C2=CC([N+](=O)[O-])=CCC2C2=C1CC(N)C=C2. The Labute approximate surface area is 105 Å². The molecule has 0 radical (unpaired) electrons. The molecule has 0 aliphatic heterocycles. The minimum absolute atomic E-state index is 0.0317. The van der Waals surface area contributed by atoms with Gasteiger partial charge in [0.1, 0.15) is 0 Å². The van der Waals surface area contributed by atoms with E-state index in [0.29, 0.717) is 6.42 Å². The normalized spacial score (nSPS) is 29.7. The molecule has 0 heterocycles. The van der Waals surface area contributed by atoms with Crippen molar-refractivity contribution in [1.82, 2.24) is 0 Å². The molecule has 0 aromatic heterocycles. The lowest BCUT2D eigenvalue weighted by Crippen LogP contribution is -2.20. The van der Waals surface area contributed by atoms with E-state index in [9.17, 15) is 10.1 Å². The summed E-state index contributed by atoms with van der Waals surface area (Å²) < 4.78 is 0. The topological polar surface area (TPSA) is 69.2 Å². The van der Waals surface area contributed by atoms with Crippen molar-refractivity contribution in [2.24, 2.45) is 11.7 Å². The summed E-state index contributed by atoms with van der Waals surface area (Å²) in [5, 5.41) is 10.8. The van der Waals surface area contributed by atoms with Crippen molar-refractivity contribution in [3.63, 3.8) is 0 Å². The van der Waals surface area contributed by atoms with Gasteiger partial charge in [0.2, 0.25) is 0 Å². The predicted molar refractivity (Wildman–Crippen MR) is 69.2 cm³/mol. The van der Waals surface area contributed by atoms with Gasteiger partial charge in [0.25, 0.3) is 5.70 Å². The van der Waals surface area contributed by atoms with Crippen LogP contribution in [0, 0.1) is 16.0 Å². The highest BCUT2D eigenvalue weighted by molar-refractivity contribution is 5.64. The molecule has 4 heteroatoms. The Morgan fingerprint density at radius 2 is 2.28 bits per heavy atom. The van der Waals surface area contributed by atoms with Crippen LogP contribution in [0.15, 0.2) is 58.9 Å². The standard InChI is InChI=1S/C14H14N2O2/c1-8-13-6-9(15)2-4-11(13)12-5-3-10(16(17)18)7-14(8)12/h2-4,7,9,12H,1,5-6,15H2. The maximum absolute atomic E-state index is 10.8. The second-order valence-corrected chi connectivity index (χ2v) is 4.91. The van der Waals surface area contributed by atoms with Gasteiger partial charge in [-0.1, -0.05) is 18.7 Å². The number of allylic oxidation sites excluding steroid dienone is 6. The summed E-state index contributed by atoms with van der Waals surface area (Å²) in [6, 6.07) is 0.0317. The number of fused-ring (bicyclic) bond motifs is 2. The van der Waals surface area contributed by atoms with Crippen molar-refractivity contribution >= 4 is 0 Å². The fourth-order valence-electron chi connectivity index (χ4n) is 2.95. The maximum Gasteiger partial charge on any atom is 0.265 e. The van der Waals surface area contributed by atoms with E-state index in [2.05, 4.69) is 12.7 Å². The number of nitro groups is 1. The smallest absolute Gasteiger partial charge is 0.265 e. The van der Waals surface area contributed by atoms with E-state index >= 15 is 0 Å². The third kappa shape index (κ3) is 1.49. The number of nitrogens with two attached hydrogens (primary N) is 1. The van der Waals surface area contributed by atoms with Gasteiger partial charge in [0, 0.05) is 18.0 Å². The zero-order valence-corrected chi connectivity index (χ0v) is 9.93. The van der Waals surface area contributed by atoms with E-state index < -0.39 is 0 Å². The summed E-state index contributed by atoms with van der Waals surface area (Å²) in [5.41, 5.74) is 10.4. The lowest BCUT2D eigenvalue weighted by molar-refractivity contribution is -0.419. The van der Waals surface area contributed by atoms with Crippen molar-refractivity contribution in [2.75, 3.05) is 0 Å². The first-order valence-corrected chi connectivity index (χ1v) is 6.00. The number of hydrogen-bond acceptors (Lipinski definition) is 3. The Hall–Kier alpha value is -1.94. The van der Waals surface area contributed by atoms with Crippen LogP contribution in [-0.4, -0.2) is 11.0 Å². The zero-order valence-electron chi connectivity index (χ0n) is 9.93. The fourth-order valence-corrected chi connectivity index (χ4v) is 2.95. The van der Waals surface area contributed by atoms with Crippen molar-refractivity contribution < 1.29 is 4.92 Å². The highest BCUT2D eigenvalue weighted by Gasteiger charge is 2.36. The van der Waals surface area contributed by atoms with Gasteiger partial charge in [-0.3, -0.25) is 10.1 Å². The summed E-state index contributed by atoms with van der Waals surface area (Å²) in [6.07, 6.45) is 8.88. The van der Waals surface area contributed by atoms with Crippen LogP contribution in [0.25, 0.3) is 0 Å². The minimum Gasteiger partial charge on any atom is -0.324 e. The molecule has 3 aliphatic carbocycles. The van der Waals surface area contributed by atoms with Gasteiger partial charge in [-0.25, -0.2) is 0 Å². The Morgan fingerprint density at radius 3 is 3.00 bits per heavy atom. The van der Waals surface area contributed by atoms with Crippen LogP contribution in [0.3, 0.4) is 0 Å². The van der Waals surface area contributed by atoms with Crippen LogP contribution in [-0.2, 0) is 0 Å². The van der Waals surface area contributed by atoms with E-state index in [0.717, 1.165) is 17.6 Å². The second kappa shape index (κ2) is 3.78. The van der Waals surface area contributed by atoms with Crippen molar-refractivity contribution in [1.29, 1.82) is 0 Å². The van der Waals surface area contributed by atoms with E-state index in [1.54, 1.807) is 12.2 Å². The van der Waals surface area contributed by atoms with Crippen molar-refractivity contribution in [2.45, 2.75) is 18.9 Å². The molecule has 18 heavy (non-hydrogen) atoms. The summed E-state index contributed by atoms with van der Waals surface area (Å²) in [6.45, 7) is 4.09. The van der Waals surface area contributed by atoms with Gasteiger partial charge in [0.15, 0.2) is 0 Å². The molecule has 0 aromatic rings. The van der Waals surface area contributed by atoms with E-state index in [4.69, 9.17) is 5.73 Å². The molecule has 3 aliphatic rings. The molecule has 0 amide bonds. The summed E-state index contributed by atoms with van der Waals surface area (Å²) in [5.74, 6) is 0.236. The molecule has 0 saturated heterocycles. The Morgan fingerprint density at radius 1 is 1.50 bits per heavy atom. The fraction of sp³-hybridized carbons (Fsp3) is 0.286. The molecule has 2 atom stereocenters. The second-order valence-electron chi connectivity index (χ2n) is 4.91. The average Bonchev–Trinajstić information content (AvgIpc) is 2.62. The van der Waals surface area contributed by atoms with Crippen LogP contribution in [0.2, 0.25) is 0 Å². The largest absolute Gasteiger partial charge is 0.324 e. The molecule has 0 fully saturated rings. The van der Waals surface area contributed by atoms with Crippen LogP contribution in [0.1, 0.15) is 12.8 Å². The van der Waals surface area contributed by atoms with E-state index in [1.807, 2.05) is 6.08 Å². The third-order valence-electron chi connectivity index (χ3n) is 3.85. The Bertz CT molecular complexity index is 579. The molecule has 0 bridgehead atoms. The maximum atomic E-state index is 10.8. The first kappa shape index (κ1) is 11.2. The molecular weight excluding hydrogens is 228 g/mol. The molecular formula is C14H14N2O2. The summed E-state index contributed by atoms with van der Waals surface area (Å²) >= 11 is 0. The van der Waals surface area contributed by atoms with Gasteiger partial charge < -0.3 is 5.73 Å². The zero-order chi connectivity index (χ0) is 12.9. The van der Waals surface area contributed by atoms with Gasteiger partial charge in [-0.2, -0.15) is 0 Å². The highest BCUT2D eigenvalue weighted by Crippen LogP contribution is 2.48. The van der Waals surface area contributed by atoms with Gasteiger partial charge in [0.05, 0.1) is 4.92 Å². The highest BCUT2D eigenvalue weighted by atomic mass is 16.6. The first-order chi connectivity index (χ1) is 8.58. The van der Waals surface area contributed by atoms with E-state index in [-0.39, 0.29) is 22.6 Å². The quantitative estimate of drug-likeness (QED) is 0.566. The first-order valence-electron chi connectivity index (χ1n) is 6.00. The van der Waals surface area contributed by atoms with Crippen LogP contribution in [0.5, 0.6) is 0 Å². The third-order valence-corrected chi connectivity index (χ3v) is 3.85. The van der Waals surface area contributed by atoms with Crippen LogP contribution < -0.4 is 5.73 Å². The molecule has 0 aromatic carbocycles. The molecule has 0 spiro atoms. The molecule has 2 unspecified atom stereocenters. The van der Waals surface area contributed by atoms with Crippen molar-refractivity contribution in [3.05, 3.63) is 69.0 Å². The predicted octanol–water partition coefficient (Wildman–Crippen LogP) is 2.25. The Kier molecular flexibility index (Phi) is 2.35. The monoisotopic (exact) mass is 242 g/mol. The molecule has 2 N–H and O–H groups in total. The van der Waals surface area contributed by atoms with Crippen LogP contribution >= 0.6 is 0 Å². The number of nitrogens with zero attached hydrogens (tertiary/aromatic N) is 1. The van der Waals surface area contributed by atoms with Gasteiger partial charge >= 0.3 is 0 Å². The summed E-state index contributed by atoms with van der Waals surface area (Å²) in [7, 11) is 0. The van der Waals surface area contributed by atoms with Gasteiger partial charge in [-0.15, -0.1) is 0 Å². The number of rotatable bonds is 1. The average molecular weight is 242 g/mol. The van der Waals surface area contributed by atoms with Crippen molar-refractivity contribution in [3.8, 4) is 0 Å². The number of hydrogen-bond donors (Lipinski definition) is 1. The Balaban J connectivity index is 2.01. The molecule has 4 nitrogen and oxygen atoms in total. The molecule has 92 valence electrons. The lowest BCUT2D eigenvalue weighted by Gasteiger charge is -2.18. The summed E-state index contributed by atoms with van der Waals surface area (Å²) in [4.78, 5) is 10.5. The minimum atomic E-state index is -0.338. The molecule has 3 rings (SSSR count). The van der Waals surface area contributed by atoms with Gasteiger partial charge in [-0.05, 0) is 41.2 Å². The lowest BCUT2D eigenvalue weighted by atomic mass is 9.87. The molecule has 0 saturated carbocycles. The van der Waals surface area contributed by atoms with Crippen LogP contribution in [0.4, 0.5) is 0 Å².